The first-order valence-electron chi connectivity index (χ1n) is 11.8. The number of thioether (sulfide) groups is 1. The van der Waals surface area contributed by atoms with Gasteiger partial charge in [0.25, 0.3) is 0 Å². The molecule has 7 nitrogen and oxygen atoms in total. The van der Waals surface area contributed by atoms with Gasteiger partial charge in [0.1, 0.15) is 26.6 Å². The van der Waals surface area contributed by atoms with Gasteiger partial charge in [-0.3, -0.25) is 0 Å². The normalized spacial score (nSPS) is 23.3. The smallest absolute Gasteiger partial charge is 0.230 e. The monoisotopic (exact) mass is 539 g/mol. The molecule has 2 atom stereocenters. The number of aryl methyl sites for hydroxylation is 1. The lowest BCUT2D eigenvalue weighted by Gasteiger charge is -2.51. The van der Waals surface area contributed by atoms with Gasteiger partial charge in [-0.15, -0.1) is 10.2 Å². The molecule has 0 fully saturated rings. The average molecular weight is 540 g/mol. The topological polar surface area (TPSA) is 119 Å². The minimum atomic E-state index is -0.919. The van der Waals surface area contributed by atoms with Crippen LogP contribution in [0, 0.1) is 18.6 Å². The number of nitrogens with two attached hydrogens (primary N) is 3. The zero-order valence-corrected chi connectivity index (χ0v) is 21.8. The Labute approximate surface area is 222 Å². The van der Waals surface area contributed by atoms with Crippen LogP contribution in [0.1, 0.15) is 35.4 Å². The maximum absolute atomic E-state index is 15.1. The summed E-state index contributed by atoms with van der Waals surface area (Å²) in [7, 11) is 0. The quantitative estimate of drug-likeness (QED) is 0.369. The van der Waals surface area contributed by atoms with Gasteiger partial charge in [-0.2, -0.15) is 5.10 Å². The molecule has 1 aromatic heterocycles. The van der Waals surface area contributed by atoms with Crippen molar-refractivity contribution >= 4 is 39.0 Å². The maximum Gasteiger partial charge on any atom is 0.230 e. The Bertz CT molecular complexity index is 1420. The lowest BCUT2D eigenvalue weighted by atomic mass is 9.66. The first-order valence-corrected chi connectivity index (χ1v) is 13.5. The Kier molecular flexibility index (Phi) is 6.78. The number of allylic oxidation sites excluding steroid dienone is 3. The number of aromatic nitrogens is 2. The summed E-state index contributed by atoms with van der Waals surface area (Å²) in [6, 6.07) is 11.0. The zero-order valence-electron chi connectivity index (χ0n) is 20.2. The van der Waals surface area contributed by atoms with Crippen LogP contribution in [-0.2, 0) is 5.41 Å². The fourth-order valence-corrected chi connectivity index (χ4v) is 7.45. The summed E-state index contributed by atoms with van der Waals surface area (Å²) in [5, 5.41) is 16.9. The fourth-order valence-electron chi connectivity index (χ4n) is 5.08. The lowest BCUT2D eigenvalue weighted by molar-refractivity contribution is 0.333. The number of rotatable bonds is 7. The van der Waals surface area contributed by atoms with Crippen LogP contribution in [0.3, 0.4) is 0 Å². The molecule has 2 unspecified atom stereocenters. The molecule has 1 aliphatic heterocycles. The number of hydrogen-bond donors (Lipinski definition) is 3. The highest BCUT2D eigenvalue weighted by Gasteiger charge is 2.60. The van der Waals surface area contributed by atoms with Crippen molar-refractivity contribution in [2.24, 2.45) is 16.6 Å². The average Bonchev–Trinajstić information content (AvgIpc) is 3.49. The standard InChI is InChI=1S/C26H27F2N7S2/c1-16-32-33-24(36-16)35-26(12-5-13-29,37-23(34-35)19-14-17(27)9-10-21(19)28)25(11-4-6-18(30)15-25)20-7-2-3-8-22(20)31/h2-4,6-11,14H,5,12-13,15,29-31H2,1H3. The summed E-state index contributed by atoms with van der Waals surface area (Å²) in [5.41, 5.74) is 20.5. The van der Waals surface area contributed by atoms with Gasteiger partial charge >= 0.3 is 0 Å². The molecule has 0 spiro atoms. The Morgan fingerprint density at radius 3 is 2.62 bits per heavy atom. The molecule has 2 heterocycles. The van der Waals surface area contributed by atoms with Crippen molar-refractivity contribution in [3.63, 3.8) is 0 Å². The Balaban J connectivity index is 1.80. The predicted molar refractivity (Wildman–Crippen MR) is 147 cm³/mol. The molecule has 0 amide bonds. The van der Waals surface area contributed by atoms with Crippen molar-refractivity contribution in [2.75, 3.05) is 17.3 Å². The van der Waals surface area contributed by atoms with E-state index in [1.54, 1.807) is 5.01 Å². The summed E-state index contributed by atoms with van der Waals surface area (Å²) in [5.74, 6) is -1.12. The maximum atomic E-state index is 15.1. The van der Waals surface area contributed by atoms with Gasteiger partial charge in [0.15, 0.2) is 0 Å². The molecule has 0 bridgehead atoms. The third kappa shape index (κ3) is 4.30. The highest BCUT2D eigenvalue weighted by Crippen LogP contribution is 2.60. The van der Waals surface area contributed by atoms with Gasteiger partial charge in [0.2, 0.25) is 5.13 Å². The first-order chi connectivity index (χ1) is 17.8. The largest absolute Gasteiger partial charge is 0.402 e. The van der Waals surface area contributed by atoms with Crippen molar-refractivity contribution in [3.8, 4) is 0 Å². The van der Waals surface area contributed by atoms with Crippen molar-refractivity contribution in [2.45, 2.75) is 36.5 Å². The molecule has 0 saturated heterocycles. The third-order valence-corrected chi connectivity index (χ3v) is 9.07. The van der Waals surface area contributed by atoms with E-state index in [0.717, 1.165) is 28.8 Å². The summed E-state index contributed by atoms with van der Waals surface area (Å²) < 4.78 is 29.3. The molecule has 2 aliphatic rings. The van der Waals surface area contributed by atoms with E-state index >= 15 is 4.39 Å². The van der Waals surface area contributed by atoms with Crippen LogP contribution in [0.5, 0.6) is 0 Å². The van der Waals surface area contributed by atoms with Crippen LogP contribution in [0.15, 0.2) is 71.5 Å². The zero-order chi connectivity index (χ0) is 26.2. The van der Waals surface area contributed by atoms with Crippen LogP contribution < -0.4 is 22.2 Å². The number of nitrogens with zero attached hydrogens (tertiary/aromatic N) is 4. The minimum Gasteiger partial charge on any atom is -0.402 e. The van der Waals surface area contributed by atoms with Crippen LogP contribution in [0.2, 0.25) is 0 Å². The molecule has 5 rings (SSSR count). The van der Waals surface area contributed by atoms with Gasteiger partial charge < -0.3 is 17.2 Å². The van der Waals surface area contributed by atoms with Crippen molar-refractivity contribution in [3.05, 3.63) is 94.2 Å². The van der Waals surface area contributed by atoms with E-state index in [4.69, 9.17) is 22.3 Å². The second kappa shape index (κ2) is 9.88. The van der Waals surface area contributed by atoms with Crippen molar-refractivity contribution in [1.29, 1.82) is 0 Å². The van der Waals surface area contributed by atoms with Gasteiger partial charge in [-0.25, -0.2) is 13.8 Å². The van der Waals surface area contributed by atoms with E-state index in [1.807, 2.05) is 43.3 Å². The highest BCUT2D eigenvalue weighted by atomic mass is 32.2. The summed E-state index contributed by atoms with van der Waals surface area (Å²) in [4.78, 5) is -0.919. The summed E-state index contributed by atoms with van der Waals surface area (Å²) in [6.07, 6.45) is 7.45. The van der Waals surface area contributed by atoms with E-state index in [2.05, 4.69) is 16.3 Å². The Hall–Kier alpha value is -3.28. The van der Waals surface area contributed by atoms with E-state index in [0.29, 0.717) is 47.4 Å². The summed E-state index contributed by atoms with van der Waals surface area (Å²) in [6.45, 7) is 2.28. The van der Waals surface area contributed by atoms with Gasteiger partial charge in [0, 0.05) is 23.4 Å². The minimum absolute atomic E-state index is 0.0744. The van der Waals surface area contributed by atoms with E-state index in [-0.39, 0.29) is 5.56 Å². The van der Waals surface area contributed by atoms with E-state index in [1.165, 1.54) is 23.1 Å². The molecule has 11 heteroatoms. The molecule has 192 valence electrons. The molecule has 6 N–H and O–H groups in total. The number of hydrazone groups is 1. The summed E-state index contributed by atoms with van der Waals surface area (Å²) >= 11 is 2.73. The molecular formula is C26H27F2N7S2. The molecule has 0 saturated carbocycles. The van der Waals surface area contributed by atoms with Gasteiger partial charge in [-0.05, 0) is 62.2 Å². The number of nitrogen functional groups attached to an aromatic ring is 1. The molecule has 3 aromatic rings. The molecule has 2 aromatic carbocycles. The molecule has 1 aliphatic carbocycles. The third-order valence-electron chi connectivity index (χ3n) is 6.69. The second-order valence-electron chi connectivity index (χ2n) is 9.06. The SMILES string of the molecule is Cc1nnc(N2N=C(c3cc(F)ccc3F)SC2(CCCN)C2(c3ccccc3N)C=CC=C(N)C2)s1. The van der Waals surface area contributed by atoms with Gasteiger partial charge in [-0.1, -0.05) is 53.4 Å². The number of para-hydroxylation sites is 1. The van der Waals surface area contributed by atoms with Gasteiger partial charge in [0.05, 0.1) is 5.41 Å². The van der Waals surface area contributed by atoms with Crippen LogP contribution in [0.4, 0.5) is 19.6 Å². The Morgan fingerprint density at radius 1 is 1.11 bits per heavy atom. The molecule has 0 radical (unpaired) electrons. The van der Waals surface area contributed by atoms with Crippen molar-refractivity contribution < 1.29 is 8.78 Å². The van der Waals surface area contributed by atoms with Crippen LogP contribution in [0.25, 0.3) is 0 Å². The Morgan fingerprint density at radius 2 is 1.92 bits per heavy atom. The van der Waals surface area contributed by atoms with Crippen molar-refractivity contribution in [1.82, 2.24) is 10.2 Å². The number of hydrogen-bond acceptors (Lipinski definition) is 9. The fraction of sp³-hybridized carbons (Fsp3) is 0.269. The number of benzene rings is 2. The molecular weight excluding hydrogens is 512 g/mol. The number of halogens is 2. The van der Waals surface area contributed by atoms with Crippen LogP contribution >= 0.6 is 23.1 Å². The lowest BCUT2D eigenvalue weighted by Crippen LogP contribution is -2.58. The predicted octanol–water partition coefficient (Wildman–Crippen LogP) is 4.80. The molecule has 37 heavy (non-hydrogen) atoms. The first kappa shape index (κ1) is 25.4. The van der Waals surface area contributed by atoms with E-state index in [9.17, 15) is 4.39 Å². The second-order valence-corrected chi connectivity index (χ2v) is 11.5. The van der Waals surface area contributed by atoms with E-state index < -0.39 is 21.9 Å². The van der Waals surface area contributed by atoms with Crippen LogP contribution in [-0.4, -0.2) is 26.7 Å². The highest BCUT2D eigenvalue weighted by molar-refractivity contribution is 8.16. The number of anilines is 2.